The Balaban J connectivity index is 1.45. The van der Waals surface area contributed by atoms with Crippen LogP contribution in [0, 0.1) is 0 Å². The number of halogens is 3. The van der Waals surface area contributed by atoms with Crippen LogP contribution in [-0.4, -0.2) is 45.1 Å². The molecular weight excluding hydrogens is 413 g/mol. The second kappa shape index (κ2) is 8.50. The Morgan fingerprint density at radius 1 is 1.27 bits per heavy atom. The molecule has 1 aliphatic rings. The summed E-state index contributed by atoms with van der Waals surface area (Å²) in [6.07, 6.45) is 3.18. The standard InChI is InChI=1S/C20H25F3N6S/c1-13(14-10-26-28(2)11-14)27-15-4-3-6-29(7-5-15)18-17-8-16(9-20(21,22)23)30-19(17)25-12-24-18/h8,10-13,15,27H,3-7,9H2,1-2H3/t13-,15-/m0/s1. The third-order valence-corrected chi connectivity index (χ3v) is 6.52. The third-order valence-electron chi connectivity index (χ3n) is 5.47. The molecule has 6 nitrogen and oxygen atoms in total. The van der Waals surface area contributed by atoms with Crippen molar-refractivity contribution in [2.45, 2.75) is 50.9 Å². The minimum Gasteiger partial charge on any atom is -0.356 e. The smallest absolute Gasteiger partial charge is 0.356 e. The highest BCUT2D eigenvalue weighted by molar-refractivity contribution is 7.18. The molecule has 1 saturated heterocycles. The lowest BCUT2D eigenvalue weighted by Crippen LogP contribution is -2.33. The highest BCUT2D eigenvalue weighted by atomic mass is 32.1. The van der Waals surface area contributed by atoms with Crippen molar-refractivity contribution < 1.29 is 13.2 Å². The van der Waals surface area contributed by atoms with E-state index in [4.69, 9.17) is 0 Å². The lowest BCUT2D eigenvalue weighted by molar-refractivity contribution is -0.126. The summed E-state index contributed by atoms with van der Waals surface area (Å²) in [5.41, 5.74) is 1.16. The Morgan fingerprint density at radius 3 is 2.83 bits per heavy atom. The Morgan fingerprint density at radius 2 is 2.10 bits per heavy atom. The zero-order valence-electron chi connectivity index (χ0n) is 17.0. The van der Waals surface area contributed by atoms with E-state index in [1.165, 1.54) is 6.33 Å². The van der Waals surface area contributed by atoms with Crippen molar-refractivity contribution in [3.8, 4) is 0 Å². The van der Waals surface area contributed by atoms with Crippen LogP contribution in [0.15, 0.2) is 24.8 Å². The molecule has 0 bridgehead atoms. The molecule has 0 aliphatic carbocycles. The minimum absolute atomic E-state index is 0.211. The van der Waals surface area contributed by atoms with Gasteiger partial charge in [-0.3, -0.25) is 4.68 Å². The molecule has 3 aromatic rings. The molecule has 30 heavy (non-hydrogen) atoms. The predicted molar refractivity (Wildman–Crippen MR) is 112 cm³/mol. The third kappa shape index (κ3) is 4.92. The van der Waals surface area contributed by atoms with Crippen molar-refractivity contribution in [2.24, 2.45) is 7.05 Å². The van der Waals surface area contributed by atoms with Gasteiger partial charge < -0.3 is 10.2 Å². The minimum atomic E-state index is -4.22. The van der Waals surface area contributed by atoms with Crippen molar-refractivity contribution in [3.05, 3.63) is 35.2 Å². The average Bonchev–Trinajstić information content (AvgIpc) is 3.20. The molecule has 4 heterocycles. The van der Waals surface area contributed by atoms with Gasteiger partial charge >= 0.3 is 6.18 Å². The molecule has 1 aliphatic heterocycles. The number of anilines is 1. The lowest BCUT2D eigenvalue weighted by Gasteiger charge is -2.23. The van der Waals surface area contributed by atoms with Gasteiger partial charge in [0.25, 0.3) is 0 Å². The number of nitrogens with zero attached hydrogens (tertiary/aromatic N) is 5. The summed E-state index contributed by atoms with van der Waals surface area (Å²) in [4.78, 5) is 11.7. The van der Waals surface area contributed by atoms with E-state index in [0.717, 1.165) is 60.5 Å². The quantitative estimate of drug-likeness (QED) is 0.646. The first-order valence-corrected chi connectivity index (χ1v) is 10.9. The normalized spacial score (nSPS) is 19.2. The number of alkyl halides is 3. The van der Waals surface area contributed by atoms with Crippen LogP contribution >= 0.6 is 11.3 Å². The monoisotopic (exact) mass is 438 g/mol. The van der Waals surface area contributed by atoms with Crippen molar-refractivity contribution >= 4 is 27.4 Å². The van der Waals surface area contributed by atoms with Crippen molar-refractivity contribution in [1.29, 1.82) is 0 Å². The van der Waals surface area contributed by atoms with E-state index in [9.17, 15) is 13.2 Å². The van der Waals surface area contributed by atoms with Crippen LogP contribution in [0.1, 0.15) is 42.7 Å². The Labute approximate surface area is 177 Å². The number of hydrogen-bond acceptors (Lipinski definition) is 6. The van der Waals surface area contributed by atoms with Gasteiger partial charge in [0.1, 0.15) is 17.0 Å². The Kier molecular flexibility index (Phi) is 5.97. The first-order valence-electron chi connectivity index (χ1n) is 10.1. The number of thiophene rings is 1. The van der Waals surface area contributed by atoms with Crippen LogP contribution in [0.4, 0.5) is 19.0 Å². The van der Waals surface area contributed by atoms with Crippen LogP contribution in [0.25, 0.3) is 10.2 Å². The molecule has 2 atom stereocenters. The van der Waals surface area contributed by atoms with Gasteiger partial charge in [0.05, 0.1) is 18.0 Å². The summed E-state index contributed by atoms with van der Waals surface area (Å²) in [6.45, 7) is 3.77. The number of nitrogens with one attached hydrogen (secondary N) is 1. The predicted octanol–water partition coefficient (Wildman–Crippen LogP) is 4.24. The first kappa shape index (κ1) is 21.0. The van der Waals surface area contributed by atoms with Gasteiger partial charge in [-0.1, -0.05) is 0 Å². The molecule has 0 amide bonds. The van der Waals surface area contributed by atoms with Crippen LogP contribution in [0.3, 0.4) is 0 Å². The van der Waals surface area contributed by atoms with Crippen molar-refractivity contribution in [3.63, 3.8) is 0 Å². The van der Waals surface area contributed by atoms with Crippen LogP contribution in [0.2, 0.25) is 0 Å². The Bertz CT molecular complexity index is 998. The number of rotatable bonds is 5. The molecule has 0 aromatic carbocycles. The average molecular weight is 439 g/mol. The van der Waals surface area contributed by atoms with E-state index in [1.54, 1.807) is 10.7 Å². The van der Waals surface area contributed by atoms with Crippen molar-refractivity contribution in [1.82, 2.24) is 25.1 Å². The summed E-state index contributed by atoms with van der Waals surface area (Å²) in [5, 5.41) is 8.65. The second-order valence-corrected chi connectivity index (χ2v) is 8.99. The maximum atomic E-state index is 12.8. The van der Waals surface area contributed by atoms with Gasteiger partial charge in [0, 0.05) is 48.9 Å². The van der Waals surface area contributed by atoms with E-state index in [0.29, 0.717) is 10.9 Å². The van der Waals surface area contributed by atoms with E-state index >= 15 is 0 Å². The van der Waals surface area contributed by atoms with Crippen LogP contribution < -0.4 is 10.2 Å². The van der Waals surface area contributed by atoms with Crippen LogP contribution in [-0.2, 0) is 13.5 Å². The maximum Gasteiger partial charge on any atom is 0.393 e. The number of aryl methyl sites for hydroxylation is 1. The molecule has 1 fully saturated rings. The molecular formula is C20H25F3N6S. The van der Waals surface area contributed by atoms with E-state index in [-0.39, 0.29) is 10.9 Å². The van der Waals surface area contributed by atoms with E-state index in [2.05, 4.69) is 32.2 Å². The summed E-state index contributed by atoms with van der Waals surface area (Å²) in [7, 11) is 1.91. The largest absolute Gasteiger partial charge is 0.393 e. The van der Waals surface area contributed by atoms with Gasteiger partial charge in [-0.2, -0.15) is 18.3 Å². The molecule has 0 spiro atoms. The van der Waals surface area contributed by atoms with Gasteiger partial charge in [-0.15, -0.1) is 11.3 Å². The SMILES string of the molecule is C[C@H](N[C@H]1CCCN(c2ncnc3sc(CC(F)(F)F)cc23)CC1)c1cnn(C)c1. The molecule has 162 valence electrons. The molecule has 4 rings (SSSR count). The molecule has 3 aromatic heterocycles. The molecule has 0 radical (unpaired) electrons. The van der Waals surface area contributed by atoms with Gasteiger partial charge in [0.2, 0.25) is 0 Å². The highest BCUT2D eigenvalue weighted by Crippen LogP contribution is 2.34. The van der Waals surface area contributed by atoms with Gasteiger partial charge in [0.15, 0.2) is 0 Å². The zero-order valence-corrected chi connectivity index (χ0v) is 17.8. The summed E-state index contributed by atoms with van der Waals surface area (Å²) in [6, 6.07) is 2.18. The van der Waals surface area contributed by atoms with Crippen molar-refractivity contribution in [2.75, 3.05) is 18.0 Å². The number of hydrogen-bond donors (Lipinski definition) is 1. The Hall–Kier alpha value is -2.20. The fraction of sp³-hybridized carbons (Fsp3) is 0.550. The first-order chi connectivity index (χ1) is 14.3. The van der Waals surface area contributed by atoms with Crippen LogP contribution in [0.5, 0.6) is 0 Å². The fourth-order valence-electron chi connectivity index (χ4n) is 4.02. The molecule has 10 heteroatoms. The maximum absolute atomic E-state index is 12.8. The summed E-state index contributed by atoms with van der Waals surface area (Å²) >= 11 is 1.10. The lowest BCUT2D eigenvalue weighted by atomic mass is 10.1. The molecule has 0 saturated carbocycles. The van der Waals surface area contributed by atoms with E-state index < -0.39 is 12.6 Å². The van der Waals surface area contributed by atoms with E-state index in [1.807, 2.05) is 19.4 Å². The summed E-state index contributed by atoms with van der Waals surface area (Å²) in [5.74, 6) is 0.741. The fourth-order valence-corrected chi connectivity index (χ4v) is 5.04. The zero-order chi connectivity index (χ0) is 21.3. The van der Waals surface area contributed by atoms with Gasteiger partial charge in [-0.05, 0) is 32.3 Å². The highest BCUT2D eigenvalue weighted by Gasteiger charge is 2.29. The second-order valence-electron chi connectivity index (χ2n) is 7.87. The topological polar surface area (TPSA) is 58.9 Å². The summed E-state index contributed by atoms with van der Waals surface area (Å²) < 4.78 is 40.2. The molecule has 0 unspecified atom stereocenters. The van der Waals surface area contributed by atoms with Gasteiger partial charge in [-0.25, -0.2) is 9.97 Å². The molecule has 1 N–H and O–H groups in total. The number of aromatic nitrogens is 4. The number of fused-ring (bicyclic) bond motifs is 1.